The van der Waals surface area contributed by atoms with Crippen molar-refractivity contribution in [2.75, 3.05) is 6.61 Å². The van der Waals surface area contributed by atoms with E-state index in [4.69, 9.17) is 10.5 Å². The average Bonchev–Trinajstić information content (AvgIpc) is 2.52. The standard InChI is InChI=1S/C8H14N4O2/c1-3-14-8(13)7-5-12(11-10-7)4-6(2)9/h5-6H,3-4,9H2,1-2H3/t6-/m0/s1. The summed E-state index contributed by atoms with van der Waals surface area (Å²) < 4.78 is 6.28. The maximum absolute atomic E-state index is 11.2. The van der Waals surface area contributed by atoms with Gasteiger partial charge in [-0.05, 0) is 13.8 Å². The molecule has 1 atom stereocenters. The summed E-state index contributed by atoms with van der Waals surface area (Å²) in [6.45, 7) is 4.46. The monoisotopic (exact) mass is 198 g/mol. The van der Waals surface area contributed by atoms with E-state index < -0.39 is 5.97 Å². The fraction of sp³-hybridized carbons (Fsp3) is 0.625. The minimum atomic E-state index is -0.455. The van der Waals surface area contributed by atoms with Crippen LogP contribution >= 0.6 is 0 Å². The van der Waals surface area contributed by atoms with Crippen LogP contribution in [0.3, 0.4) is 0 Å². The topological polar surface area (TPSA) is 83.0 Å². The van der Waals surface area contributed by atoms with Crippen molar-refractivity contribution in [2.45, 2.75) is 26.4 Å². The highest BCUT2D eigenvalue weighted by atomic mass is 16.5. The first kappa shape index (κ1) is 10.6. The number of nitrogens with two attached hydrogens (primary N) is 1. The molecule has 0 saturated carbocycles. The first-order valence-corrected chi connectivity index (χ1v) is 4.46. The second-order valence-corrected chi connectivity index (χ2v) is 3.02. The summed E-state index contributed by atoms with van der Waals surface area (Å²) in [5.41, 5.74) is 5.78. The molecule has 78 valence electrons. The number of rotatable bonds is 4. The molecular formula is C8H14N4O2. The Balaban J connectivity index is 2.63. The lowest BCUT2D eigenvalue weighted by molar-refractivity contribution is 0.0519. The van der Waals surface area contributed by atoms with Crippen molar-refractivity contribution in [1.82, 2.24) is 15.0 Å². The summed E-state index contributed by atoms with van der Waals surface area (Å²) in [5.74, 6) is -0.455. The van der Waals surface area contributed by atoms with Crippen molar-refractivity contribution >= 4 is 5.97 Å². The molecule has 0 bridgehead atoms. The number of hydrogen-bond acceptors (Lipinski definition) is 5. The highest BCUT2D eigenvalue weighted by Gasteiger charge is 2.11. The molecule has 1 heterocycles. The summed E-state index contributed by atoms with van der Waals surface area (Å²) >= 11 is 0. The summed E-state index contributed by atoms with van der Waals surface area (Å²) in [5, 5.41) is 7.42. The van der Waals surface area contributed by atoms with E-state index in [0.29, 0.717) is 13.2 Å². The van der Waals surface area contributed by atoms with Crippen LogP contribution in [0.2, 0.25) is 0 Å². The molecule has 0 saturated heterocycles. The molecule has 0 radical (unpaired) electrons. The van der Waals surface area contributed by atoms with Crippen molar-refractivity contribution in [2.24, 2.45) is 5.73 Å². The number of ether oxygens (including phenoxy) is 1. The van der Waals surface area contributed by atoms with Gasteiger partial charge in [-0.3, -0.25) is 4.68 Å². The molecule has 6 nitrogen and oxygen atoms in total. The predicted molar refractivity (Wildman–Crippen MR) is 49.6 cm³/mol. The number of carbonyl (C=O) groups is 1. The molecule has 0 aromatic carbocycles. The average molecular weight is 198 g/mol. The van der Waals surface area contributed by atoms with Gasteiger partial charge in [-0.25, -0.2) is 4.79 Å². The Labute approximate surface area is 82.0 Å². The summed E-state index contributed by atoms with van der Waals surface area (Å²) in [4.78, 5) is 11.2. The lowest BCUT2D eigenvalue weighted by atomic mass is 10.4. The summed E-state index contributed by atoms with van der Waals surface area (Å²) in [7, 11) is 0. The molecule has 2 N–H and O–H groups in total. The lowest BCUT2D eigenvalue weighted by Crippen LogP contribution is -2.22. The molecule has 6 heteroatoms. The van der Waals surface area contributed by atoms with Crippen molar-refractivity contribution in [3.8, 4) is 0 Å². The second-order valence-electron chi connectivity index (χ2n) is 3.02. The zero-order chi connectivity index (χ0) is 10.6. The molecule has 0 aliphatic heterocycles. The van der Waals surface area contributed by atoms with Crippen LogP contribution in [0.4, 0.5) is 0 Å². The van der Waals surface area contributed by atoms with Crippen LogP contribution < -0.4 is 5.73 Å². The van der Waals surface area contributed by atoms with Crippen LogP contribution in [0.1, 0.15) is 24.3 Å². The third-order valence-corrected chi connectivity index (χ3v) is 1.50. The minimum absolute atomic E-state index is 0.0215. The fourth-order valence-electron chi connectivity index (χ4n) is 0.981. The van der Waals surface area contributed by atoms with Crippen LogP contribution in [0, 0.1) is 0 Å². The number of hydrogen-bond donors (Lipinski definition) is 1. The third kappa shape index (κ3) is 2.81. The second kappa shape index (κ2) is 4.71. The Morgan fingerprint density at radius 3 is 3.07 bits per heavy atom. The van der Waals surface area contributed by atoms with Crippen LogP contribution in [0.15, 0.2) is 6.20 Å². The Bertz CT molecular complexity index is 308. The smallest absolute Gasteiger partial charge is 0.360 e. The van der Waals surface area contributed by atoms with E-state index in [0.717, 1.165) is 0 Å². The third-order valence-electron chi connectivity index (χ3n) is 1.50. The largest absolute Gasteiger partial charge is 0.461 e. The maximum atomic E-state index is 11.2. The maximum Gasteiger partial charge on any atom is 0.360 e. The Morgan fingerprint density at radius 2 is 2.50 bits per heavy atom. The highest BCUT2D eigenvalue weighted by Crippen LogP contribution is 1.97. The van der Waals surface area contributed by atoms with Crippen LogP contribution in [-0.4, -0.2) is 33.6 Å². The summed E-state index contributed by atoms with van der Waals surface area (Å²) in [6.07, 6.45) is 1.53. The first-order valence-electron chi connectivity index (χ1n) is 4.46. The van der Waals surface area contributed by atoms with Gasteiger partial charge in [0, 0.05) is 6.04 Å². The Morgan fingerprint density at radius 1 is 1.79 bits per heavy atom. The van der Waals surface area contributed by atoms with Gasteiger partial charge in [0.1, 0.15) is 0 Å². The number of aromatic nitrogens is 3. The number of carbonyl (C=O) groups excluding carboxylic acids is 1. The van der Waals surface area contributed by atoms with Gasteiger partial charge < -0.3 is 10.5 Å². The molecule has 1 aromatic rings. The number of esters is 1. The summed E-state index contributed by atoms with van der Waals surface area (Å²) in [6, 6.07) is -0.0215. The van der Waals surface area contributed by atoms with E-state index in [1.54, 1.807) is 6.92 Å². The van der Waals surface area contributed by atoms with Crippen LogP contribution in [0.5, 0.6) is 0 Å². The quantitative estimate of drug-likeness (QED) is 0.677. The molecule has 0 fully saturated rings. The SMILES string of the molecule is CCOC(=O)c1cn(C[C@H](C)N)nn1. The molecule has 14 heavy (non-hydrogen) atoms. The molecule has 1 aromatic heterocycles. The van der Waals surface area contributed by atoms with E-state index in [9.17, 15) is 4.79 Å². The zero-order valence-electron chi connectivity index (χ0n) is 8.30. The Hall–Kier alpha value is -1.43. The van der Waals surface area contributed by atoms with Gasteiger partial charge in [-0.15, -0.1) is 5.10 Å². The van der Waals surface area contributed by atoms with Crippen LogP contribution in [0.25, 0.3) is 0 Å². The van der Waals surface area contributed by atoms with Gasteiger partial charge in [-0.1, -0.05) is 5.21 Å². The first-order chi connectivity index (χ1) is 6.63. The van der Waals surface area contributed by atoms with Crippen molar-refractivity contribution in [3.63, 3.8) is 0 Å². The lowest BCUT2D eigenvalue weighted by Gasteiger charge is -2.02. The fourth-order valence-corrected chi connectivity index (χ4v) is 0.981. The zero-order valence-corrected chi connectivity index (χ0v) is 8.30. The molecule has 1 rings (SSSR count). The molecule has 0 aliphatic carbocycles. The van der Waals surface area contributed by atoms with Gasteiger partial charge in [-0.2, -0.15) is 0 Å². The normalized spacial score (nSPS) is 12.5. The van der Waals surface area contributed by atoms with E-state index in [1.165, 1.54) is 10.9 Å². The molecule has 0 amide bonds. The molecular weight excluding hydrogens is 184 g/mol. The minimum Gasteiger partial charge on any atom is -0.461 e. The van der Waals surface area contributed by atoms with Crippen molar-refractivity contribution in [3.05, 3.63) is 11.9 Å². The number of nitrogens with zero attached hydrogens (tertiary/aromatic N) is 3. The Kier molecular flexibility index (Phi) is 3.58. The van der Waals surface area contributed by atoms with Crippen molar-refractivity contribution < 1.29 is 9.53 Å². The van der Waals surface area contributed by atoms with E-state index >= 15 is 0 Å². The van der Waals surface area contributed by atoms with Gasteiger partial charge in [0.15, 0.2) is 5.69 Å². The van der Waals surface area contributed by atoms with E-state index in [2.05, 4.69) is 10.3 Å². The van der Waals surface area contributed by atoms with Crippen LogP contribution in [-0.2, 0) is 11.3 Å². The van der Waals surface area contributed by atoms with Crippen molar-refractivity contribution in [1.29, 1.82) is 0 Å². The molecule has 0 aliphatic rings. The molecule has 0 spiro atoms. The predicted octanol–water partition coefficient (Wildman–Crippen LogP) is -0.198. The van der Waals surface area contributed by atoms with Gasteiger partial charge in [0.2, 0.25) is 0 Å². The van der Waals surface area contributed by atoms with Gasteiger partial charge in [0.05, 0.1) is 19.3 Å². The molecule has 0 unspecified atom stereocenters. The van der Waals surface area contributed by atoms with Gasteiger partial charge in [0.25, 0.3) is 0 Å². The van der Waals surface area contributed by atoms with E-state index in [1.807, 2.05) is 6.92 Å². The van der Waals surface area contributed by atoms with E-state index in [-0.39, 0.29) is 11.7 Å². The highest BCUT2D eigenvalue weighted by molar-refractivity contribution is 5.86. The van der Waals surface area contributed by atoms with Gasteiger partial charge >= 0.3 is 5.97 Å².